The van der Waals surface area contributed by atoms with Gasteiger partial charge in [0.15, 0.2) is 0 Å². The first-order valence-electron chi connectivity index (χ1n) is 3.72. The van der Waals surface area contributed by atoms with E-state index in [1.165, 1.54) is 6.07 Å². The number of alkyl halides is 1. The van der Waals surface area contributed by atoms with Crippen molar-refractivity contribution in [3.05, 3.63) is 34.9 Å². The van der Waals surface area contributed by atoms with Gasteiger partial charge in [-0.2, -0.15) is 0 Å². The molecule has 0 heterocycles. The van der Waals surface area contributed by atoms with Crippen LogP contribution in [0.15, 0.2) is 12.1 Å². The van der Waals surface area contributed by atoms with E-state index in [4.69, 9.17) is 0 Å². The summed E-state index contributed by atoms with van der Waals surface area (Å²) in [4.78, 5) is 0. The predicted octanol–water partition coefficient (Wildman–Crippen LogP) is 3.42. The summed E-state index contributed by atoms with van der Waals surface area (Å²) in [7, 11) is 0. The van der Waals surface area contributed by atoms with Gasteiger partial charge in [0.25, 0.3) is 0 Å². The first-order chi connectivity index (χ1) is 5.70. The standard InChI is InChI=1S/C9H9BrF2/c1-2-6-7(5-10)9(12)4-3-8(6)11/h3-4H,2,5H2,1H3. The molecule has 1 aromatic carbocycles. The van der Waals surface area contributed by atoms with Gasteiger partial charge < -0.3 is 0 Å². The average molecular weight is 235 g/mol. The van der Waals surface area contributed by atoms with Gasteiger partial charge in [-0.15, -0.1) is 0 Å². The summed E-state index contributed by atoms with van der Waals surface area (Å²) in [6.45, 7) is 1.81. The lowest BCUT2D eigenvalue weighted by molar-refractivity contribution is 0.578. The molecule has 0 nitrogen and oxygen atoms in total. The van der Waals surface area contributed by atoms with Crippen molar-refractivity contribution in [2.24, 2.45) is 0 Å². The van der Waals surface area contributed by atoms with E-state index >= 15 is 0 Å². The number of hydrogen-bond donors (Lipinski definition) is 0. The zero-order chi connectivity index (χ0) is 9.14. The Bertz CT molecular complexity index is 255. The van der Waals surface area contributed by atoms with Gasteiger partial charge in [0.1, 0.15) is 11.6 Å². The Morgan fingerprint density at radius 2 is 1.67 bits per heavy atom. The Morgan fingerprint density at radius 1 is 1.17 bits per heavy atom. The predicted molar refractivity (Wildman–Crippen MR) is 48.4 cm³/mol. The summed E-state index contributed by atoms with van der Waals surface area (Å²) < 4.78 is 26.1. The van der Waals surface area contributed by atoms with Crippen molar-refractivity contribution in [3.63, 3.8) is 0 Å². The van der Waals surface area contributed by atoms with Crippen LogP contribution in [0.3, 0.4) is 0 Å². The van der Waals surface area contributed by atoms with E-state index in [1.54, 1.807) is 0 Å². The molecule has 0 unspecified atom stereocenters. The molecule has 0 aliphatic carbocycles. The molecule has 0 aliphatic heterocycles. The van der Waals surface area contributed by atoms with E-state index in [1.807, 2.05) is 6.92 Å². The lowest BCUT2D eigenvalue weighted by Gasteiger charge is -2.06. The maximum Gasteiger partial charge on any atom is 0.127 e. The molecule has 0 saturated heterocycles. The Balaban J connectivity index is 3.28. The molecule has 0 radical (unpaired) electrons. The molecule has 12 heavy (non-hydrogen) atoms. The van der Waals surface area contributed by atoms with E-state index < -0.39 is 0 Å². The fourth-order valence-corrected chi connectivity index (χ4v) is 1.77. The van der Waals surface area contributed by atoms with Crippen LogP contribution >= 0.6 is 15.9 Å². The van der Waals surface area contributed by atoms with Crippen LogP contribution in [0.25, 0.3) is 0 Å². The Morgan fingerprint density at radius 3 is 2.00 bits per heavy atom. The minimum Gasteiger partial charge on any atom is -0.207 e. The second kappa shape index (κ2) is 3.99. The Kier molecular flexibility index (Phi) is 3.20. The molecule has 0 aromatic heterocycles. The minimum atomic E-state index is -0.342. The fourth-order valence-electron chi connectivity index (χ4n) is 1.16. The second-order valence-corrected chi connectivity index (χ2v) is 3.03. The third-order valence-electron chi connectivity index (χ3n) is 1.80. The molecule has 1 aromatic rings. The van der Waals surface area contributed by atoms with Crippen LogP contribution in [0.2, 0.25) is 0 Å². The summed E-state index contributed by atoms with van der Waals surface area (Å²) >= 11 is 3.13. The molecular weight excluding hydrogens is 226 g/mol. The van der Waals surface area contributed by atoms with Crippen LogP contribution in [0.4, 0.5) is 8.78 Å². The molecule has 0 bridgehead atoms. The third-order valence-corrected chi connectivity index (χ3v) is 2.36. The topological polar surface area (TPSA) is 0 Å². The summed E-state index contributed by atoms with van der Waals surface area (Å²) in [5.74, 6) is -0.668. The van der Waals surface area contributed by atoms with Crippen molar-refractivity contribution in [1.82, 2.24) is 0 Å². The zero-order valence-electron chi connectivity index (χ0n) is 6.70. The quantitative estimate of drug-likeness (QED) is 0.689. The van der Waals surface area contributed by atoms with Crippen LogP contribution in [-0.2, 0) is 11.8 Å². The van der Waals surface area contributed by atoms with E-state index in [2.05, 4.69) is 15.9 Å². The van der Waals surface area contributed by atoms with Gasteiger partial charge in [-0.05, 0) is 24.1 Å². The van der Waals surface area contributed by atoms with E-state index in [9.17, 15) is 8.78 Å². The molecule has 0 amide bonds. The lowest BCUT2D eigenvalue weighted by atomic mass is 10.1. The maximum absolute atomic E-state index is 13.0. The second-order valence-electron chi connectivity index (χ2n) is 2.47. The van der Waals surface area contributed by atoms with E-state index in [0.29, 0.717) is 22.9 Å². The number of benzene rings is 1. The molecule has 66 valence electrons. The molecule has 0 atom stereocenters. The Hall–Kier alpha value is -0.440. The van der Waals surface area contributed by atoms with Crippen molar-refractivity contribution in [2.75, 3.05) is 0 Å². The zero-order valence-corrected chi connectivity index (χ0v) is 8.29. The van der Waals surface area contributed by atoms with Gasteiger partial charge in [-0.1, -0.05) is 22.9 Å². The van der Waals surface area contributed by atoms with Crippen molar-refractivity contribution < 1.29 is 8.78 Å². The van der Waals surface area contributed by atoms with Crippen molar-refractivity contribution in [2.45, 2.75) is 18.7 Å². The summed E-state index contributed by atoms with van der Waals surface area (Å²) in [5, 5.41) is 0.361. The highest BCUT2D eigenvalue weighted by Crippen LogP contribution is 2.20. The Labute approximate surface area is 78.7 Å². The van der Waals surface area contributed by atoms with Gasteiger partial charge >= 0.3 is 0 Å². The van der Waals surface area contributed by atoms with Crippen LogP contribution in [0.5, 0.6) is 0 Å². The molecule has 0 fully saturated rings. The molecule has 0 N–H and O–H groups in total. The van der Waals surface area contributed by atoms with Crippen LogP contribution in [0, 0.1) is 11.6 Å². The van der Waals surface area contributed by atoms with Crippen molar-refractivity contribution >= 4 is 15.9 Å². The van der Waals surface area contributed by atoms with Gasteiger partial charge in [0, 0.05) is 10.9 Å². The average Bonchev–Trinajstić information content (AvgIpc) is 2.08. The van der Waals surface area contributed by atoms with Crippen LogP contribution in [0.1, 0.15) is 18.1 Å². The third kappa shape index (κ3) is 1.66. The molecular formula is C9H9BrF2. The van der Waals surface area contributed by atoms with Crippen molar-refractivity contribution in [1.29, 1.82) is 0 Å². The summed E-state index contributed by atoms with van der Waals surface area (Å²) in [6, 6.07) is 2.32. The van der Waals surface area contributed by atoms with Gasteiger partial charge in [-0.3, -0.25) is 0 Å². The number of rotatable bonds is 2. The van der Waals surface area contributed by atoms with Gasteiger partial charge in [-0.25, -0.2) is 8.78 Å². The molecule has 0 saturated carbocycles. The summed E-state index contributed by atoms with van der Waals surface area (Å²) in [6.07, 6.45) is 0.518. The molecule has 3 heteroatoms. The highest BCUT2D eigenvalue weighted by molar-refractivity contribution is 9.08. The van der Waals surface area contributed by atoms with Crippen molar-refractivity contribution in [3.8, 4) is 0 Å². The highest BCUT2D eigenvalue weighted by atomic mass is 79.9. The largest absolute Gasteiger partial charge is 0.207 e. The normalized spacial score (nSPS) is 10.3. The molecule has 1 rings (SSSR count). The highest BCUT2D eigenvalue weighted by Gasteiger charge is 2.10. The maximum atomic E-state index is 13.0. The van der Waals surface area contributed by atoms with E-state index in [0.717, 1.165) is 6.07 Å². The monoisotopic (exact) mass is 234 g/mol. The minimum absolute atomic E-state index is 0.326. The summed E-state index contributed by atoms with van der Waals surface area (Å²) in [5.41, 5.74) is 0.893. The van der Waals surface area contributed by atoms with Crippen LogP contribution in [-0.4, -0.2) is 0 Å². The first kappa shape index (κ1) is 9.65. The number of halogens is 3. The van der Waals surface area contributed by atoms with E-state index in [-0.39, 0.29) is 11.6 Å². The van der Waals surface area contributed by atoms with Gasteiger partial charge in [0.05, 0.1) is 0 Å². The smallest absolute Gasteiger partial charge is 0.127 e. The number of hydrogen-bond acceptors (Lipinski definition) is 0. The molecule has 0 aliphatic rings. The molecule has 0 spiro atoms. The fraction of sp³-hybridized carbons (Fsp3) is 0.333. The first-order valence-corrected chi connectivity index (χ1v) is 4.84. The SMILES string of the molecule is CCc1c(F)ccc(F)c1CBr. The van der Waals surface area contributed by atoms with Crippen LogP contribution < -0.4 is 0 Å². The van der Waals surface area contributed by atoms with Gasteiger partial charge in [0.2, 0.25) is 0 Å². The lowest BCUT2D eigenvalue weighted by Crippen LogP contribution is -1.98.